The third-order valence-corrected chi connectivity index (χ3v) is 3.62. The summed E-state index contributed by atoms with van der Waals surface area (Å²) in [6.07, 6.45) is 0.517. The Hall–Kier alpha value is -0.770. The van der Waals surface area contributed by atoms with Crippen LogP contribution in [0.3, 0.4) is 0 Å². The van der Waals surface area contributed by atoms with Gasteiger partial charge in [0.15, 0.2) is 0 Å². The molecule has 0 saturated carbocycles. The Morgan fingerprint density at radius 1 is 1.53 bits per heavy atom. The van der Waals surface area contributed by atoms with Crippen LogP contribution in [0.4, 0.5) is 5.69 Å². The first-order valence-electron chi connectivity index (χ1n) is 5.87. The summed E-state index contributed by atoms with van der Waals surface area (Å²) in [6.45, 7) is 3.32. The molecule has 1 N–H and O–H groups in total. The van der Waals surface area contributed by atoms with Crippen LogP contribution in [0.5, 0.6) is 0 Å². The monoisotopic (exact) mass is 255 g/mol. The average molecular weight is 256 g/mol. The fourth-order valence-corrected chi connectivity index (χ4v) is 2.45. The molecular weight excluding hydrogens is 238 g/mol. The number of aliphatic hydroxyl groups is 1. The van der Waals surface area contributed by atoms with Crippen molar-refractivity contribution in [1.29, 1.82) is 0 Å². The molecule has 0 spiro atoms. The van der Waals surface area contributed by atoms with Crippen LogP contribution in [0.1, 0.15) is 25.0 Å². The van der Waals surface area contributed by atoms with Gasteiger partial charge in [0.1, 0.15) is 0 Å². The van der Waals surface area contributed by atoms with Crippen LogP contribution < -0.4 is 4.90 Å². The molecular formula is C13H18ClNO2. The molecule has 4 heteroatoms. The van der Waals surface area contributed by atoms with E-state index in [9.17, 15) is 5.11 Å². The van der Waals surface area contributed by atoms with E-state index in [1.165, 1.54) is 0 Å². The minimum absolute atomic E-state index is 0.420. The number of anilines is 1. The lowest BCUT2D eigenvalue weighted by molar-refractivity contribution is 0.193. The maximum absolute atomic E-state index is 9.53. The van der Waals surface area contributed by atoms with Crippen LogP contribution >= 0.6 is 11.6 Å². The van der Waals surface area contributed by atoms with Crippen molar-refractivity contribution in [3.05, 3.63) is 28.8 Å². The lowest BCUT2D eigenvalue weighted by Crippen LogP contribution is -2.31. The van der Waals surface area contributed by atoms with E-state index in [0.717, 1.165) is 30.9 Å². The van der Waals surface area contributed by atoms with Crippen molar-refractivity contribution in [2.75, 3.05) is 25.2 Å². The highest BCUT2D eigenvalue weighted by molar-refractivity contribution is 6.31. The molecule has 1 aliphatic heterocycles. The van der Waals surface area contributed by atoms with Gasteiger partial charge < -0.3 is 14.7 Å². The number of likely N-dealkylation sites (N-methyl/N-ethyl adjacent to an activating group) is 1. The number of nitrogens with zero attached hydrogens (tertiary/aromatic N) is 1. The molecule has 0 bridgehead atoms. The second-order valence-corrected chi connectivity index (χ2v) is 4.92. The van der Waals surface area contributed by atoms with Crippen molar-refractivity contribution in [2.24, 2.45) is 0 Å². The molecule has 1 aromatic carbocycles. The van der Waals surface area contributed by atoms with E-state index in [1.807, 2.05) is 25.2 Å². The maximum Gasteiger partial charge on any atom is 0.0776 e. The molecule has 94 valence electrons. The summed E-state index contributed by atoms with van der Waals surface area (Å²) in [5.41, 5.74) is 1.83. The first kappa shape index (κ1) is 12.7. The van der Waals surface area contributed by atoms with E-state index in [2.05, 4.69) is 4.90 Å². The lowest BCUT2D eigenvalue weighted by atomic mass is 10.1. The molecule has 1 saturated heterocycles. The molecule has 2 rings (SSSR count). The zero-order valence-electron chi connectivity index (χ0n) is 10.2. The Morgan fingerprint density at radius 3 is 2.82 bits per heavy atom. The van der Waals surface area contributed by atoms with Crippen LogP contribution in [0.15, 0.2) is 18.2 Å². The highest BCUT2D eigenvalue weighted by atomic mass is 35.5. The molecule has 17 heavy (non-hydrogen) atoms. The van der Waals surface area contributed by atoms with E-state index in [1.54, 1.807) is 6.92 Å². The van der Waals surface area contributed by atoms with Crippen molar-refractivity contribution < 1.29 is 9.84 Å². The van der Waals surface area contributed by atoms with Gasteiger partial charge in [0.05, 0.1) is 18.8 Å². The van der Waals surface area contributed by atoms with E-state index >= 15 is 0 Å². The number of hydrogen-bond acceptors (Lipinski definition) is 3. The summed E-state index contributed by atoms with van der Waals surface area (Å²) in [7, 11) is 2.05. The maximum atomic E-state index is 9.53. The zero-order chi connectivity index (χ0) is 12.4. The average Bonchev–Trinajstić information content (AvgIpc) is 2.80. The largest absolute Gasteiger partial charge is 0.389 e. The second kappa shape index (κ2) is 5.25. The van der Waals surface area contributed by atoms with Gasteiger partial charge in [-0.05, 0) is 31.0 Å². The number of halogens is 1. The second-order valence-electron chi connectivity index (χ2n) is 4.51. The topological polar surface area (TPSA) is 32.7 Å². The van der Waals surface area contributed by atoms with Gasteiger partial charge in [0, 0.05) is 24.4 Å². The van der Waals surface area contributed by atoms with Crippen molar-refractivity contribution in [3.63, 3.8) is 0 Å². The number of hydrogen-bond donors (Lipinski definition) is 1. The summed E-state index contributed by atoms with van der Waals surface area (Å²) in [4.78, 5) is 2.19. The van der Waals surface area contributed by atoms with Crippen molar-refractivity contribution in [3.8, 4) is 0 Å². The smallest absolute Gasteiger partial charge is 0.0776 e. The van der Waals surface area contributed by atoms with E-state index < -0.39 is 6.10 Å². The fourth-order valence-electron chi connectivity index (χ4n) is 2.11. The number of rotatable bonds is 3. The van der Waals surface area contributed by atoms with Crippen LogP contribution in [-0.2, 0) is 4.74 Å². The number of aliphatic hydroxyl groups excluding tert-OH is 1. The van der Waals surface area contributed by atoms with Gasteiger partial charge in [-0.1, -0.05) is 17.7 Å². The Morgan fingerprint density at radius 2 is 2.29 bits per heavy atom. The highest BCUT2D eigenvalue weighted by Gasteiger charge is 2.21. The molecule has 2 atom stereocenters. The van der Waals surface area contributed by atoms with E-state index in [-0.39, 0.29) is 0 Å². The van der Waals surface area contributed by atoms with E-state index in [4.69, 9.17) is 16.3 Å². The summed E-state index contributed by atoms with van der Waals surface area (Å²) in [5.74, 6) is 0. The molecule has 0 aromatic heterocycles. The Kier molecular flexibility index (Phi) is 3.92. The molecule has 0 radical (unpaired) electrons. The van der Waals surface area contributed by atoms with E-state index in [0.29, 0.717) is 11.1 Å². The van der Waals surface area contributed by atoms with Crippen molar-refractivity contribution >= 4 is 17.3 Å². The van der Waals surface area contributed by atoms with Gasteiger partial charge in [-0.2, -0.15) is 0 Å². The SMILES string of the molecule is CC(O)c1ccc(N(C)C2CCOC2)cc1Cl. The molecule has 1 aromatic rings. The quantitative estimate of drug-likeness (QED) is 0.901. The molecule has 0 aliphatic carbocycles. The number of ether oxygens (including phenoxy) is 1. The number of benzene rings is 1. The van der Waals surface area contributed by atoms with Crippen molar-refractivity contribution in [2.45, 2.75) is 25.5 Å². The standard InChI is InChI=1S/C13H18ClNO2/c1-9(16)12-4-3-10(7-13(12)14)15(2)11-5-6-17-8-11/h3-4,7,9,11,16H,5-6,8H2,1-2H3. The van der Waals surface area contributed by atoms with Gasteiger partial charge in [-0.15, -0.1) is 0 Å². The molecule has 0 amide bonds. The molecule has 2 unspecified atom stereocenters. The third-order valence-electron chi connectivity index (χ3n) is 3.29. The van der Waals surface area contributed by atoms with Gasteiger partial charge in [0.25, 0.3) is 0 Å². The first-order valence-corrected chi connectivity index (χ1v) is 6.25. The highest BCUT2D eigenvalue weighted by Crippen LogP contribution is 2.29. The first-order chi connectivity index (χ1) is 8.09. The van der Waals surface area contributed by atoms with Gasteiger partial charge in [-0.3, -0.25) is 0 Å². The molecule has 3 nitrogen and oxygen atoms in total. The summed E-state index contributed by atoms with van der Waals surface area (Å²) < 4.78 is 5.38. The van der Waals surface area contributed by atoms with Crippen LogP contribution in [-0.4, -0.2) is 31.4 Å². The molecule has 1 fully saturated rings. The predicted octanol–water partition coefficient (Wildman–Crippen LogP) is 2.62. The third kappa shape index (κ3) is 2.73. The zero-order valence-corrected chi connectivity index (χ0v) is 10.9. The lowest BCUT2D eigenvalue weighted by Gasteiger charge is -2.26. The summed E-state index contributed by atoms with van der Waals surface area (Å²) in [6, 6.07) is 6.20. The summed E-state index contributed by atoms with van der Waals surface area (Å²) >= 11 is 6.16. The Labute approximate surface area is 107 Å². The fraction of sp³-hybridized carbons (Fsp3) is 0.538. The summed E-state index contributed by atoms with van der Waals surface area (Å²) in [5, 5.41) is 10.1. The van der Waals surface area contributed by atoms with Gasteiger partial charge >= 0.3 is 0 Å². The minimum Gasteiger partial charge on any atom is -0.389 e. The minimum atomic E-state index is -0.531. The van der Waals surface area contributed by atoms with Crippen LogP contribution in [0, 0.1) is 0 Å². The Balaban J connectivity index is 2.18. The normalized spacial score (nSPS) is 21.5. The van der Waals surface area contributed by atoms with Gasteiger partial charge in [0.2, 0.25) is 0 Å². The molecule has 1 heterocycles. The van der Waals surface area contributed by atoms with Crippen molar-refractivity contribution in [1.82, 2.24) is 0 Å². The van der Waals surface area contributed by atoms with Crippen LogP contribution in [0.2, 0.25) is 5.02 Å². The molecule has 1 aliphatic rings. The predicted molar refractivity (Wildman–Crippen MR) is 69.7 cm³/mol. The van der Waals surface area contributed by atoms with Gasteiger partial charge in [-0.25, -0.2) is 0 Å². The Bertz CT molecular complexity index is 389. The van der Waals surface area contributed by atoms with Crippen LogP contribution in [0.25, 0.3) is 0 Å².